The minimum absolute atomic E-state index is 0.0757. The second kappa shape index (κ2) is 6.19. The number of ether oxygens (including phenoxy) is 2. The molecule has 2 N–H and O–H groups in total. The predicted molar refractivity (Wildman–Crippen MR) is 84.3 cm³/mol. The van der Waals surface area contributed by atoms with Crippen LogP contribution >= 0.6 is 0 Å². The first-order valence-electron chi connectivity index (χ1n) is 7.42. The van der Waals surface area contributed by atoms with Crippen molar-refractivity contribution in [3.05, 3.63) is 69.4 Å². The van der Waals surface area contributed by atoms with Crippen LogP contribution in [-0.4, -0.2) is 17.6 Å². The standard InChI is InChI=1S/C17H16N2O5/c1-3-22-16(20)14-12(10-4-6-19-7-5-10)13-11(24-15(14)18)8-9(2)23-17(13)21/h4-8,12H,3,18H2,1-2H3/t12-/m0/s1. The monoisotopic (exact) mass is 328 g/mol. The molecule has 1 atom stereocenters. The number of hydrogen-bond donors (Lipinski definition) is 1. The number of carbonyl (C=O) groups is 1. The van der Waals surface area contributed by atoms with Crippen molar-refractivity contribution in [2.45, 2.75) is 19.8 Å². The molecule has 0 aliphatic carbocycles. The third-order valence-corrected chi connectivity index (χ3v) is 3.67. The van der Waals surface area contributed by atoms with Gasteiger partial charge in [0, 0.05) is 18.5 Å². The highest BCUT2D eigenvalue weighted by atomic mass is 16.5. The van der Waals surface area contributed by atoms with Crippen LogP contribution in [0.15, 0.2) is 51.3 Å². The lowest BCUT2D eigenvalue weighted by Gasteiger charge is -2.27. The van der Waals surface area contributed by atoms with Gasteiger partial charge in [-0.1, -0.05) is 0 Å². The van der Waals surface area contributed by atoms with Crippen molar-refractivity contribution in [2.24, 2.45) is 5.73 Å². The number of hydrogen-bond acceptors (Lipinski definition) is 7. The summed E-state index contributed by atoms with van der Waals surface area (Å²) >= 11 is 0. The van der Waals surface area contributed by atoms with Gasteiger partial charge in [0.1, 0.15) is 17.1 Å². The topological polar surface area (TPSA) is 105 Å². The zero-order valence-electron chi connectivity index (χ0n) is 13.2. The third kappa shape index (κ3) is 2.64. The van der Waals surface area contributed by atoms with E-state index in [0.717, 1.165) is 0 Å². The molecule has 0 spiro atoms. The minimum atomic E-state index is -0.743. The van der Waals surface area contributed by atoms with Crippen LogP contribution in [0.3, 0.4) is 0 Å². The van der Waals surface area contributed by atoms with E-state index < -0.39 is 17.5 Å². The number of rotatable bonds is 3. The summed E-state index contributed by atoms with van der Waals surface area (Å²) in [4.78, 5) is 28.8. The molecule has 0 saturated carbocycles. The maximum atomic E-state index is 12.4. The highest BCUT2D eigenvalue weighted by molar-refractivity contribution is 5.92. The number of carbonyl (C=O) groups excluding carboxylic acids is 1. The molecule has 0 amide bonds. The average Bonchev–Trinajstić information content (AvgIpc) is 2.54. The molecule has 0 aromatic carbocycles. The van der Waals surface area contributed by atoms with E-state index in [9.17, 15) is 9.59 Å². The lowest BCUT2D eigenvalue weighted by molar-refractivity contribution is -0.139. The van der Waals surface area contributed by atoms with Crippen molar-refractivity contribution >= 4 is 5.97 Å². The predicted octanol–water partition coefficient (Wildman–Crippen LogP) is 1.60. The fourth-order valence-electron chi connectivity index (χ4n) is 2.71. The van der Waals surface area contributed by atoms with Gasteiger partial charge in [0.2, 0.25) is 5.88 Å². The fourth-order valence-corrected chi connectivity index (χ4v) is 2.71. The fraction of sp³-hybridized carbons (Fsp3) is 0.235. The van der Waals surface area contributed by atoms with Crippen molar-refractivity contribution in [3.63, 3.8) is 0 Å². The highest BCUT2D eigenvalue weighted by Gasteiger charge is 2.38. The van der Waals surface area contributed by atoms with Gasteiger partial charge in [-0.05, 0) is 31.5 Å². The molecular weight excluding hydrogens is 312 g/mol. The Morgan fingerprint density at radius 3 is 2.75 bits per heavy atom. The largest absolute Gasteiger partial charge is 0.462 e. The molecule has 124 valence electrons. The number of nitrogens with two attached hydrogens (primary N) is 1. The number of nitrogens with zero attached hydrogens (tertiary/aromatic N) is 1. The number of fused-ring (bicyclic) bond motifs is 1. The Balaban J connectivity index is 2.26. The Kier molecular flexibility index (Phi) is 4.07. The van der Waals surface area contributed by atoms with Gasteiger partial charge in [-0.3, -0.25) is 4.98 Å². The highest BCUT2D eigenvalue weighted by Crippen LogP contribution is 2.40. The maximum absolute atomic E-state index is 12.4. The molecule has 24 heavy (non-hydrogen) atoms. The van der Waals surface area contributed by atoms with E-state index >= 15 is 0 Å². The quantitative estimate of drug-likeness (QED) is 0.853. The van der Waals surface area contributed by atoms with Gasteiger partial charge < -0.3 is 19.6 Å². The molecular formula is C17H16N2O5. The first-order chi connectivity index (χ1) is 11.5. The van der Waals surface area contributed by atoms with Gasteiger partial charge in [-0.15, -0.1) is 0 Å². The van der Waals surface area contributed by atoms with Gasteiger partial charge in [0.15, 0.2) is 0 Å². The van der Waals surface area contributed by atoms with Crippen molar-refractivity contribution < 1.29 is 18.7 Å². The van der Waals surface area contributed by atoms with Crippen molar-refractivity contribution in [2.75, 3.05) is 6.61 Å². The molecule has 1 aliphatic heterocycles. The van der Waals surface area contributed by atoms with E-state index in [2.05, 4.69) is 4.98 Å². The molecule has 0 radical (unpaired) electrons. The summed E-state index contributed by atoms with van der Waals surface area (Å²) in [5.74, 6) is -0.807. The van der Waals surface area contributed by atoms with E-state index in [1.165, 1.54) is 0 Å². The Bertz CT molecular complexity index is 870. The zero-order valence-corrected chi connectivity index (χ0v) is 13.2. The molecule has 3 heterocycles. The molecule has 1 aliphatic rings. The van der Waals surface area contributed by atoms with Gasteiger partial charge >= 0.3 is 11.6 Å². The van der Waals surface area contributed by atoms with Crippen LogP contribution < -0.4 is 16.1 Å². The molecule has 0 unspecified atom stereocenters. The van der Waals surface area contributed by atoms with Crippen molar-refractivity contribution in [3.8, 4) is 5.75 Å². The summed E-state index contributed by atoms with van der Waals surface area (Å²) in [6.07, 6.45) is 3.14. The molecule has 7 heteroatoms. The molecule has 0 fully saturated rings. The van der Waals surface area contributed by atoms with Crippen LogP contribution in [0.2, 0.25) is 0 Å². The molecule has 2 aromatic heterocycles. The molecule has 3 rings (SSSR count). The Labute approximate surface area is 137 Å². The number of esters is 1. The number of pyridine rings is 1. The normalized spacial score (nSPS) is 16.3. The van der Waals surface area contributed by atoms with Crippen LogP contribution in [0.25, 0.3) is 0 Å². The second-order valence-corrected chi connectivity index (χ2v) is 5.24. The first-order valence-corrected chi connectivity index (χ1v) is 7.42. The maximum Gasteiger partial charge on any atom is 0.343 e. The smallest absolute Gasteiger partial charge is 0.343 e. The molecule has 0 bridgehead atoms. The molecule has 7 nitrogen and oxygen atoms in total. The van der Waals surface area contributed by atoms with Crippen molar-refractivity contribution in [1.82, 2.24) is 4.98 Å². The van der Waals surface area contributed by atoms with Crippen LogP contribution in [0.4, 0.5) is 0 Å². The Hall–Kier alpha value is -3.09. The number of aryl methyl sites for hydroxylation is 1. The van der Waals surface area contributed by atoms with Gasteiger partial charge in [-0.2, -0.15) is 0 Å². The van der Waals surface area contributed by atoms with Crippen LogP contribution in [0.5, 0.6) is 5.75 Å². The Morgan fingerprint density at radius 1 is 1.38 bits per heavy atom. The van der Waals surface area contributed by atoms with Crippen LogP contribution in [0, 0.1) is 6.92 Å². The zero-order chi connectivity index (χ0) is 17.3. The SMILES string of the molecule is CCOC(=O)C1=C(N)Oc2cc(C)oc(=O)c2[C@@H]1c1ccncc1. The van der Waals surface area contributed by atoms with Gasteiger partial charge in [0.05, 0.1) is 18.1 Å². The van der Waals surface area contributed by atoms with E-state index in [4.69, 9.17) is 19.6 Å². The Morgan fingerprint density at radius 2 is 2.08 bits per heavy atom. The molecule has 2 aromatic rings. The minimum Gasteiger partial charge on any atom is -0.462 e. The van der Waals surface area contributed by atoms with Crippen molar-refractivity contribution in [1.29, 1.82) is 0 Å². The summed E-state index contributed by atoms with van der Waals surface area (Å²) in [5.41, 5.74) is 6.33. The third-order valence-electron chi connectivity index (χ3n) is 3.67. The van der Waals surface area contributed by atoms with E-state index in [1.807, 2.05) is 0 Å². The van der Waals surface area contributed by atoms with Gasteiger partial charge in [0.25, 0.3) is 0 Å². The summed E-state index contributed by atoms with van der Waals surface area (Å²) in [7, 11) is 0. The second-order valence-electron chi connectivity index (χ2n) is 5.24. The summed E-state index contributed by atoms with van der Waals surface area (Å²) in [5, 5.41) is 0. The summed E-state index contributed by atoms with van der Waals surface area (Å²) in [6.45, 7) is 3.49. The number of aromatic nitrogens is 1. The molecule has 0 saturated heterocycles. The van der Waals surface area contributed by atoms with Crippen LogP contribution in [-0.2, 0) is 9.53 Å². The lowest BCUT2D eigenvalue weighted by atomic mass is 9.84. The summed E-state index contributed by atoms with van der Waals surface area (Å²) in [6, 6.07) is 4.97. The first kappa shape index (κ1) is 15.8. The van der Waals surface area contributed by atoms with E-state index in [1.54, 1.807) is 44.4 Å². The lowest BCUT2D eigenvalue weighted by Crippen LogP contribution is -2.31. The van der Waals surface area contributed by atoms with Crippen LogP contribution in [0.1, 0.15) is 29.7 Å². The van der Waals surface area contributed by atoms with Gasteiger partial charge in [-0.25, -0.2) is 9.59 Å². The van der Waals surface area contributed by atoms with E-state index in [-0.39, 0.29) is 29.4 Å². The summed E-state index contributed by atoms with van der Waals surface area (Å²) < 4.78 is 15.8. The van der Waals surface area contributed by atoms with E-state index in [0.29, 0.717) is 11.3 Å². The average molecular weight is 328 g/mol.